The highest BCUT2D eigenvalue weighted by atomic mass is 16.5. The van der Waals surface area contributed by atoms with Gasteiger partial charge in [0.25, 0.3) is 0 Å². The quantitative estimate of drug-likeness (QED) is 0.276. The SMILES string of the molecule is COc1ccc(CC(C)(C)N=CC(=O)c2ccccc2OCc2ccccc2)c(OC)c1OC. The number of nitrogens with zero attached hydrogens (tertiary/aromatic N) is 1. The molecular formula is C28H31NO5. The van der Waals surface area contributed by atoms with Crippen molar-refractivity contribution in [1.29, 1.82) is 0 Å². The summed E-state index contributed by atoms with van der Waals surface area (Å²) in [6.45, 7) is 4.31. The molecule has 0 bridgehead atoms. The molecule has 3 rings (SSSR count). The van der Waals surface area contributed by atoms with Crippen molar-refractivity contribution in [3.05, 3.63) is 83.4 Å². The predicted octanol–water partition coefficient (Wildman–Crippen LogP) is 5.57. The van der Waals surface area contributed by atoms with Crippen molar-refractivity contribution in [2.24, 2.45) is 4.99 Å². The average Bonchev–Trinajstić information content (AvgIpc) is 2.86. The van der Waals surface area contributed by atoms with E-state index in [1.165, 1.54) is 6.21 Å². The van der Waals surface area contributed by atoms with E-state index in [1.807, 2.05) is 68.4 Å². The van der Waals surface area contributed by atoms with Gasteiger partial charge >= 0.3 is 0 Å². The van der Waals surface area contributed by atoms with E-state index in [0.717, 1.165) is 11.1 Å². The summed E-state index contributed by atoms with van der Waals surface area (Å²) >= 11 is 0. The van der Waals surface area contributed by atoms with Crippen LogP contribution < -0.4 is 18.9 Å². The standard InChI is InChI=1S/C28H31NO5/c1-28(2,17-21-15-16-25(31-3)27(33-5)26(21)32-4)29-18-23(30)22-13-9-10-14-24(22)34-19-20-11-7-6-8-12-20/h6-16,18H,17,19H2,1-5H3. The van der Waals surface area contributed by atoms with Crippen molar-refractivity contribution in [2.75, 3.05) is 21.3 Å². The lowest BCUT2D eigenvalue weighted by Gasteiger charge is -2.22. The number of Topliss-reactive ketones (excluding diaryl/α,β-unsaturated/α-hetero) is 1. The lowest BCUT2D eigenvalue weighted by atomic mass is 9.94. The third-order valence-corrected chi connectivity index (χ3v) is 5.33. The molecule has 0 spiro atoms. The number of aliphatic imine (C=N–C) groups is 1. The Labute approximate surface area is 201 Å². The number of hydrogen-bond acceptors (Lipinski definition) is 6. The Morgan fingerprint density at radius 3 is 2.18 bits per heavy atom. The summed E-state index contributed by atoms with van der Waals surface area (Å²) in [7, 11) is 4.74. The Bertz CT molecular complexity index is 1140. The molecule has 0 heterocycles. The van der Waals surface area contributed by atoms with Gasteiger partial charge in [-0.05, 0) is 37.6 Å². The summed E-state index contributed by atoms with van der Waals surface area (Å²) in [4.78, 5) is 17.6. The predicted molar refractivity (Wildman–Crippen MR) is 134 cm³/mol. The maximum atomic E-state index is 13.0. The minimum absolute atomic E-state index is 0.212. The molecule has 178 valence electrons. The van der Waals surface area contributed by atoms with Crippen LogP contribution in [-0.2, 0) is 13.0 Å². The lowest BCUT2D eigenvalue weighted by molar-refractivity contribution is 0.106. The average molecular weight is 462 g/mol. The zero-order chi connectivity index (χ0) is 24.6. The summed E-state index contributed by atoms with van der Waals surface area (Å²) < 4.78 is 22.4. The van der Waals surface area contributed by atoms with Crippen molar-refractivity contribution in [1.82, 2.24) is 0 Å². The van der Waals surface area contributed by atoms with Crippen LogP contribution in [-0.4, -0.2) is 38.9 Å². The first kappa shape index (κ1) is 24.8. The van der Waals surface area contributed by atoms with Crippen LogP contribution in [0.25, 0.3) is 0 Å². The third kappa shape index (κ3) is 6.16. The fourth-order valence-electron chi connectivity index (χ4n) is 3.65. The highest BCUT2D eigenvalue weighted by Crippen LogP contribution is 2.41. The molecule has 34 heavy (non-hydrogen) atoms. The van der Waals surface area contributed by atoms with E-state index in [1.54, 1.807) is 33.5 Å². The smallest absolute Gasteiger partial charge is 0.207 e. The second-order valence-electron chi connectivity index (χ2n) is 8.38. The summed E-state index contributed by atoms with van der Waals surface area (Å²) in [6.07, 6.45) is 1.91. The van der Waals surface area contributed by atoms with Gasteiger partial charge in [0.15, 0.2) is 11.5 Å². The second-order valence-corrected chi connectivity index (χ2v) is 8.38. The summed E-state index contributed by atoms with van der Waals surface area (Å²) in [5.41, 5.74) is 1.84. The summed E-state index contributed by atoms with van der Waals surface area (Å²) in [6, 6.07) is 20.8. The Morgan fingerprint density at radius 2 is 1.50 bits per heavy atom. The van der Waals surface area contributed by atoms with Crippen LogP contribution in [0.3, 0.4) is 0 Å². The van der Waals surface area contributed by atoms with Crippen LogP contribution in [0.2, 0.25) is 0 Å². The van der Waals surface area contributed by atoms with E-state index >= 15 is 0 Å². The normalized spacial score (nSPS) is 11.3. The van der Waals surface area contributed by atoms with E-state index in [4.69, 9.17) is 18.9 Å². The van der Waals surface area contributed by atoms with E-state index in [-0.39, 0.29) is 5.78 Å². The van der Waals surface area contributed by atoms with Gasteiger partial charge in [-0.15, -0.1) is 0 Å². The molecule has 0 aliphatic heterocycles. The topological polar surface area (TPSA) is 66.4 Å². The van der Waals surface area contributed by atoms with Gasteiger partial charge in [0.05, 0.1) is 38.6 Å². The van der Waals surface area contributed by atoms with Crippen molar-refractivity contribution >= 4 is 12.0 Å². The molecule has 0 aliphatic rings. The van der Waals surface area contributed by atoms with Crippen LogP contribution in [0.15, 0.2) is 71.7 Å². The monoisotopic (exact) mass is 461 g/mol. The van der Waals surface area contributed by atoms with Crippen LogP contribution in [0, 0.1) is 0 Å². The number of methoxy groups -OCH3 is 3. The first-order valence-electron chi connectivity index (χ1n) is 11.0. The molecule has 0 aliphatic carbocycles. The van der Waals surface area contributed by atoms with E-state index < -0.39 is 5.54 Å². The highest BCUT2D eigenvalue weighted by Gasteiger charge is 2.23. The molecule has 3 aromatic rings. The van der Waals surface area contributed by atoms with Crippen molar-refractivity contribution in [3.8, 4) is 23.0 Å². The van der Waals surface area contributed by atoms with E-state index in [9.17, 15) is 4.79 Å². The van der Waals surface area contributed by atoms with Gasteiger partial charge in [0.2, 0.25) is 11.5 Å². The Kier molecular flexibility index (Phi) is 8.30. The molecule has 0 amide bonds. The van der Waals surface area contributed by atoms with E-state index in [0.29, 0.717) is 41.6 Å². The number of hydrogen-bond donors (Lipinski definition) is 0. The molecule has 0 saturated carbocycles. The molecule has 6 heteroatoms. The van der Waals surface area contributed by atoms with Crippen molar-refractivity contribution < 1.29 is 23.7 Å². The largest absolute Gasteiger partial charge is 0.493 e. The van der Waals surface area contributed by atoms with Crippen LogP contribution in [0.1, 0.15) is 35.3 Å². The van der Waals surface area contributed by atoms with Gasteiger partial charge < -0.3 is 18.9 Å². The number of carbonyl (C=O) groups is 1. The lowest BCUT2D eigenvalue weighted by Crippen LogP contribution is -2.22. The molecule has 0 fully saturated rings. The Hall–Kier alpha value is -3.80. The van der Waals surface area contributed by atoms with E-state index in [2.05, 4.69) is 4.99 Å². The molecule has 0 atom stereocenters. The Balaban J connectivity index is 1.76. The maximum absolute atomic E-state index is 13.0. The number of carbonyl (C=O) groups excluding carboxylic acids is 1. The number of ketones is 1. The third-order valence-electron chi connectivity index (χ3n) is 5.33. The summed E-state index contributed by atoms with van der Waals surface area (Å²) in [5, 5.41) is 0. The number of para-hydroxylation sites is 1. The minimum Gasteiger partial charge on any atom is -0.493 e. The molecule has 6 nitrogen and oxygen atoms in total. The molecule has 0 aromatic heterocycles. The van der Waals surface area contributed by atoms with Gasteiger partial charge in [-0.25, -0.2) is 0 Å². The molecule has 0 unspecified atom stereocenters. The fraction of sp³-hybridized carbons (Fsp3) is 0.286. The highest BCUT2D eigenvalue weighted by molar-refractivity contribution is 6.36. The fourth-order valence-corrected chi connectivity index (χ4v) is 3.65. The Morgan fingerprint density at radius 1 is 0.824 bits per heavy atom. The molecular weight excluding hydrogens is 430 g/mol. The number of benzene rings is 3. The van der Waals surface area contributed by atoms with Gasteiger partial charge in [0, 0.05) is 12.0 Å². The van der Waals surface area contributed by atoms with Gasteiger partial charge in [-0.2, -0.15) is 0 Å². The van der Waals surface area contributed by atoms with Gasteiger partial charge in [0.1, 0.15) is 12.4 Å². The van der Waals surface area contributed by atoms with Gasteiger partial charge in [-0.3, -0.25) is 9.79 Å². The number of ether oxygens (including phenoxy) is 4. The number of rotatable bonds is 11. The molecule has 0 saturated heterocycles. The van der Waals surface area contributed by atoms with Crippen LogP contribution >= 0.6 is 0 Å². The maximum Gasteiger partial charge on any atom is 0.207 e. The van der Waals surface area contributed by atoms with Crippen molar-refractivity contribution in [2.45, 2.75) is 32.4 Å². The van der Waals surface area contributed by atoms with Crippen molar-refractivity contribution in [3.63, 3.8) is 0 Å². The van der Waals surface area contributed by atoms with Gasteiger partial charge in [-0.1, -0.05) is 48.5 Å². The zero-order valence-corrected chi connectivity index (χ0v) is 20.3. The first-order valence-corrected chi connectivity index (χ1v) is 11.0. The zero-order valence-electron chi connectivity index (χ0n) is 20.3. The molecule has 0 radical (unpaired) electrons. The van der Waals surface area contributed by atoms with Crippen LogP contribution in [0.4, 0.5) is 0 Å². The second kappa shape index (κ2) is 11.4. The van der Waals surface area contributed by atoms with Crippen LogP contribution in [0.5, 0.6) is 23.0 Å². The first-order chi connectivity index (χ1) is 16.4. The summed E-state index contributed by atoms with van der Waals surface area (Å²) in [5.74, 6) is 2.03. The minimum atomic E-state index is -0.567. The molecule has 3 aromatic carbocycles. The molecule has 0 N–H and O–H groups in total.